The second-order valence-corrected chi connectivity index (χ2v) is 4.42. The van der Waals surface area contributed by atoms with Gasteiger partial charge in [0.2, 0.25) is 0 Å². The molecule has 116 valence electrons. The van der Waals surface area contributed by atoms with E-state index in [1.807, 2.05) is 18.9 Å². The maximum atomic E-state index is 13.7. The first kappa shape index (κ1) is 16.8. The Morgan fingerprint density at radius 3 is 2.71 bits per heavy atom. The van der Waals surface area contributed by atoms with E-state index < -0.39 is 22.4 Å². The summed E-state index contributed by atoms with van der Waals surface area (Å²) in [4.78, 5) is 23.7. The van der Waals surface area contributed by atoms with Crippen LogP contribution in [0.15, 0.2) is 12.1 Å². The molecule has 0 saturated heterocycles. The summed E-state index contributed by atoms with van der Waals surface area (Å²) in [5.74, 6) is -1.86. The molecule has 0 aromatic heterocycles. The van der Waals surface area contributed by atoms with Crippen LogP contribution in [-0.2, 0) is 4.74 Å². The van der Waals surface area contributed by atoms with Crippen molar-refractivity contribution in [3.8, 4) is 0 Å². The van der Waals surface area contributed by atoms with E-state index in [2.05, 4.69) is 10.1 Å². The second-order valence-electron chi connectivity index (χ2n) is 4.42. The van der Waals surface area contributed by atoms with E-state index in [-0.39, 0.29) is 11.3 Å². The summed E-state index contributed by atoms with van der Waals surface area (Å²) >= 11 is 0. The highest BCUT2D eigenvalue weighted by Gasteiger charge is 2.22. The molecular formula is C13H18FN3O4. The summed E-state index contributed by atoms with van der Waals surface area (Å²) in [6, 6.07) is 1.82. The summed E-state index contributed by atoms with van der Waals surface area (Å²) in [6.45, 7) is 3.90. The highest BCUT2D eigenvalue weighted by molar-refractivity contribution is 5.91. The summed E-state index contributed by atoms with van der Waals surface area (Å²) in [5, 5.41) is 13.8. The summed E-state index contributed by atoms with van der Waals surface area (Å²) < 4.78 is 18.1. The van der Waals surface area contributed by atoms with Crippen molar-refractivity contribution in [1.29, 1.82) is 0 Å². The minimum atomic E-state index is -0.982. The van der Waals surface area contributed by atoms with E-state index in [4.69, 9.17) is 0 Å². The number of benzene rings is 1. The zero-order chi connectivity index (χ0) is 16.0. The van der Waals surface area contributed by atoms with Crippen LogP contribution in [0, 0.1) is 15.9 Å². The third kappa shape index (κ3) is 4.38. The SMILES string of the molecule is CCN(C)CCNc1cc(C(=O)OC)c(F)cc1[N+](=O)[O-]. The third-order valence-corrected chi connectivity index (χ3v) is 3.04. The lowest BCUT2D eigenvalue weighted by Crippen LogP contribution is -2.25. The number of hydrogen-bond donors (Lipinski definition) is 1. The molecule has 0 atom stereocenters. The minimum absolute atomic E-state index is 0.0892. The van der Waals surface area contributed by atoms with Crippen LogP contribution in [0.2, 0.25) is 0 Å². The largest absolute Gasteiger partial charge is 0.465 e. The molecule has 0 unspecified atom stereocenters. The van der Waals surface area contributed by atoms with Crippen LogP contribution >= 0.6 is 0 Å². The van der Waals surface area contributed by atoms with Gasteiger partial charge in [0.15, 0.2) is 0 Å². The lowest BCUT2D eigenvalue weighted by molar-refractivity contribution is -0.384. The standard InChI is InChI=1S/C13H18FN3O4/c1-4-16(2)6-5-15-11-7-9(13(18)21-3)10(14)8-12(11)17(19)20/h7-8,15H,4-6H2,1-3H3. The molecule has 0 aliphatic heterocycles. The molecule has 1 aromatic carbocycles. The third-order valence-electron chi connectivity index (χ3n) is 3.04. The van der Waals surface area contributed by atoms with Crippen LogP contribution in [-0.4, -0.2) is 49.6 Å². The summed E-state index contributed by atoms with van der Waals surface area (Å²) in [7, 11) is 3.02. The second kappa shape index (κ2) is 7.53. The van der Waals surface area contributed by atoms with E-state index in [1.165, 1.54) is 0 Å². The number of ether oxygens (including phenoxy) is 1. The van der Waals surface area contributed by atoms with Gasteiger partial charge in [-0.25, -0.2) is 9.18 Å². The molecule has 0 saturated carbocycles. The van der Waals surface area contributed by atoms with Crippen molar-refractivity contribution in [2.45, 2.75) is 6.92 Å². The predicted molar refractivity (Wildman–Crippen MR) is 76.1 cm³/mol. The molecule has 7 nitrogen and oxygen atoms in total. The number of nitro benzene ring substituents is 1. The van der Waals surface area contributed by atoms with Crippen LogP contribution in [0.25, 0.3) is 0 Å². The number of halogens is 1. The number of nitrogens with zero attached hydrogens (tertiary/aromatic N) is 2. The molecule has 0 spiro atoms. The fraction of sp³-hybridized carbons (Fsp3) is 0.462. The van der Waals surface area contributed by atoms with Crippen LogP contribution in [0.1, 0.15) is 17.3 Å². The molecule has 21 heavy (non-hydrogen) atoms. The molecule has 0 aliphatic carbocycles. The van der Waals surface area contributed by atoms with Gasteiger partial charge in [-0.05, 0) is 19.7 Å². The molecule has 0 heterocycles. The van der Waals surface area contributed by atoms with E-state index >= 15 is 0 Å². The molecule has 1 rings (SSSR count). The van der Waals surface area contributed by atoms with Gasteiger partial charge in [-0.15, -0.1) is 0 Å². The Bertz CT molecular complexity index is 536. The fourth-order valence-electron chi connectivity index (χ4n) is 1.66. The molecule has 0 fully saturated rings. The normalized spacial score (nSPS) is 10.5. The fourth-order valence-corrected chi connectivity index (χ4v) is 1.66. The number of anilines is 1. The average Bonchev–Trinajstić information content (AvgIpc) is 2.46. The Morgan fingerprint density at radius 2 is 2.19 bits per heavy atom. The Hall–Kier alpha value is -2.22. The van der Waals surface area contributed by atoms with Gasteiger partial charge < -0.3 is 15.0 Å². The van der Waals surface area contributed by atoms with Gasteiger partial charge >= 0.3 is 5.97 Å². The van der Waals surface area contributed by atoms with Crippen molar-refractivity contribution in [2.75, 3.05) is 39.1 Å². The van der Waals surface area contributed by atoms with Gasteiger partial charge in [0.25, 0.3) is 5.69 Å². The maximum absolute atomic E-state index is 13.7. The number of hydrogen-bond acceptors (Lipinski definition) is 6. The number of rotatable bonds is 7. The zero-order valence-corrected chi connectivity index (χ0v) is 12.2. The Labute approximate surface area is 121 Å². The molecule has 8 heteroatoms. The van der Waals surface area contributed by atoms with Gasteiger partial charge in [-0.3, -0.25) is 10.1 Å². The Kier molecular flexibility index (Phi) is 6.04. The summed E-state index contributed by atoms with van der Waals surface area (Å²) in [5.41, 5.74) is -0.667. The molecule has 1 aromatic rings. The van der Waals surface area contributed by atoms with Gasteiger partial charge in [0, 0.05) is 13.1 Å². The monoisotopic (exact) mass is 299 g/mol. The van der Waals surface area contributed by atoms with Crippen molar-refractivity contribution in [2.24, 2.45) is 0 Å². The van der Waals surface area contributed by atoms with Crippen molar-refractivity contribution >= 4 is 17.3 Å². The number of nitrogens with one attached hydrogen (secondary N) is 1. The van der Waals surface area contributed by atoms with E-state index in [0.29, 0.717) is 13.1 Å². The summed E-state index contributed by atoms with van der Waals surface area (Å²) in [6.07, 6.45) is 0. The van der Waals surface area contributed by atoms with Crippen LogP contribution in [0.5, 0.6) is 0 Å². The van der Waals surface area contributed by atoms with Crippen molar-refractivity contribution in [3.05, 3.63) is 33.6 Å². The molecule has 1 N–H and O–H groups in total. The number of nitro groups is 1. The number of carbonyl (C=O) groups excluding carboxylic acids is 1. The smallest absolute Gasteiger partial charge is 0.340 e. The average molecular weight is 299 g/mol. The first-order valence-electron chi connectivity index (χ1n) is 6.39. The van der Waals surface area contributed by atoms with Crippen LogP contribution in [0.3, 0.4) is 0 Å². The molecule has 0 radical (unpaired) electrons. The van der Waals surface area contributed by atoms with E-state index in [0.717, 1.165) is 25.8 Å². The Balaban J connectivity index is 3.03. The first-order chi connectivity index (χ1) is 9.90. The number of likely N-dealkylation sites (N-methyl/N-ethyl adjacent to an activating group) is 1. The van der Waals surface area contributed by atoms with Crippen molar-refractivity contribution in [3.63, 3.8) is 0 Å². The first-order valence-corrected chi connectivity index (χ1v) is 6.39. The lowest BCUT2D eigenvalue weighted by atomic mass is 10.1. The molecule has 0 amide bonds. The highest BCUT2D eigenvalue weighted by Crippen LogP contribution is 2.28. The topological polar surface area (TPSA) is 84.7 Å². The zero-order valence-electron chi connectivity index (χ0n) is 12.2. The maximum Gasteiger partial charge on any atom is 0.340 e. The van der Waals surface area contributed by atoms with Crippen LogP contribution < -0.4 is 5.32 Å². The van der Waals surface area contributed by atoms with Gasteiger partial charge in [0.1, 0.15) is 11.5 Å². The molecule has 0 aliphatic rings. The van der Waals surface area contributed by atoms with Crippen LogP contribution in [0.4, 0.5) is 15.8 Å². The Morgan fingerprint density at radius 1 is 1.52 bits per heavy atom. The molecular weight excluding hydrogens is 281 g/mol. The minimum Gasteiger partial charge on any atom is -0.465 e. The number of carbonyl (C=O) groups is 1. The lowest BCUT2D eigenvalue weighted by Gasteiger charge is -2.15. The number of methoxy groups -OCH3 is 1. The van der Waals surface area contributed by atoms with E-state index in [9.17, 15) is 19.3 Å². The van der Waals surface area contributed by atoms with Crippen molar-refractivity contribution in [1.82, 2.24) is 4.90 Å². The quantitative estimate of drug-likeness (QED) is 0.470. The van der Waals surface area contributed by atoms with Crippen molar-refractivity contribution < 1.29 is 18.8 Å². The van der Waals surface area contributed by atoms with Gasteiger partial charge in [-0.2, -0.15) is 0 Å². The van der Waals surface area contributed by atoms with E-state index in [1.54, 1.807) is 0 Å². The molecule has 0 bridgehead atoms. The predicted octanol–water partition coefficient (Wildman–Crippen LogP) is 1.88. The number of esters is 1. The van der Waals surface area contributed by atoms with Gasteiger partial charge in [-0.1, -0.05) is 6.92 Å². The highest BCUT2D eigenvalue weighted by atomic mass is 19.1. The van der Waals surface area contributed by atoms with Gasteiger partial charge in [0.05, 0.1) is 23.7 Å².